The van der Waals surface area contributed by atoms with Crippen LogP contribution in [0, 0.1) is 6.92 Å². The number of aromatic nitrogens is 4. The number of nitrogens with zero attached hydrogens (tertiary/aromatic N) is 4. The van der Waals surface area contributed by atoms with Gasteiger partial charge in [-0.3, -0.25) is 0 Å². The first kappa shape index (κ1) is 12.8. The highest BCUT2D eigenvalue weighted by Gasteiger charge is 2.05. The molecule has 0 unspecified atom stereocenters. The molecule has 2 heterocycles. The first-order chi connectivity index (χ1) is 8.78. The first-order valence-electron chi connectivity index (χ1n) is 5.82. The van der Waals surface area contributed by atoms with Gasteiger partial charge in [0.1, 0.15) is 16.7 Å². The van der Waals surface area contributed by atoms with Crippen molar-refractivity contribution in [3.8, 4) is 0 Å². The average Bonchev–Trinajstić information content (AvgIpc) is 2.37. The van der Waals surface area contributed by atoms with E-state index in [0.717, 1.165) is 29.6 Å². The molecule has 0 aliphatic carbocycles. The minimum absolute atomic E-state index is 0.692. The van der Waals surface area contributed by atoms with Crippen LogP contribution in [0.15, 0.2) is 34.7 Å². The van der Waals surface area contributed by atoms with E-state index in [9.17, 15) is 0 Å². The fourth-order valence-electron chi connectivity index (χ4n) is 1.37. The summed E-state index contributed by atoms with van der Waals surface area (Å²) >= 11 is 1.44. The van der Waals surface area contributed by atoms with Crippen molar-refractivity contribution in [3.05, 3.63) is 30.4 Å². The van der Waals surface area contributed by atoms with E-state index in [1.165, 1.54) is 11.8 Å². The number of anilines is 1. The third kappa shape index (κ3) is 3.66. The molecule has 0 saturated carbocycles. The molecule has 2 aromatic rings. The second kappa shape index (κ2) is 6.30. The molecule has 2 aromatic heterocycles. The molecule has 94 valence electrons. The maximum Gasteiger partial charge on any atom is 0.193 e. The van der Waals surface area contributed by atoms with Crippen LogP contribution in [0.1, 0.15) is 19.2 Å². The standard InChI is InChI=1S/C12H15N5S/c1-3-5-13-10-8-11(17-9(2)16-10)18-12-14-6-4-7-15-12/h4,6-8H,3,5H2,1-2H3,(H,13,16,17). The summed E-state index contributed by atoms with van der Waals surface area (Å²) in [5, 5.41) is 4.80. The van der Waals surface area contributed by atoms with Crippen LogP contribution in [0.25, 0.3) is 0 Å². The molecule has 0 aliphatic heterocycles. The normalized spacial score (nSPS) is 10.3. The van der Waals surface area contributed by atoms with E-state index in [-0.39, 0.29) is 0 Å². The summed E-state index contributed by atoms with van der Waals surface area (Å²) in [7, 11) is 0. The van der Waals surface area contributed by atoms with Gasteiger partial charge in [0.15, 0.2) is 5.16 Å². The minimum Gasteiger partial charge on any atom is -0.370 e. The quantitative estimate of drug-likeness (QED) is 0.659. The smallest absolute Gasteiger partial charge is 0.193 e. The van der Waals surface area contributed by atoms with Crippen molar-refractivity contribution in [2.45, 2.75) is 30.5 Å². The van der Waals surface area contributed by atoms with Crippen LogP contribution in [0.2, 0.25) is 0 Å². The van der Waals surface area contributed by atoms with E-state index < -0.39 is 0 Å². The lowest BCUT2D eigenvalue weighted by molar-refractivity contribution is 0.918. The Balaban J connectivity index is 2.15. The van der Waals surface area contributed by atoms with E-state index >= 15 is 0 Å². The van der Waals surface area contributed by atoms with E-state index in [0.29, 0.717) is 5.16 Å². The summed E-state index contributed by atoms with van der Waals surface area (Å²) < 4.78 is 0. The Morgan fingerprint density at radius 1 is 1.22 bits per heavy atom. The zero-order valence-corrected chi connectivity index (χ0v) is 11.2. The van der Waals surface area contributed by atoms with Crippen LogP contribution in [0.4, 0.5) is 5.82 Å². The zero-order chi connectivity index (χ0) is 12.8. The molecular weight excluding hydrogens is 246 g/mol. The average molecular weight is 261 g/mol. The monoisotopic (exact) mass is 261 g/mol. The Labute approximate surface area is 110 Å². The molecular formula is C12H15N5S. The Hall–Kier alpha value is -1.69. The van der Waals surface area contributed by atoms with Gasteiger partial charge < -0.3 is 5.32 Å². The Bertz CT molecular complexity index is 503. The van der Waals surface area contributed by atoms with Gasteiger partial charge in [0.05, 0.1) is 0 Å². The van der Waals surface area contributed by atoms with Gasteiger partial charge in [0.2, 0.25) is 0 Å². The molecule has 0 bridgehead atoms. The number of rotatable bonds is 5. The molecule has 0 fully saturated rings. The Morgan fingerprint density at radius 3 is 2.72 bits per heavy atom. The molecule has 0 atom stereocenters. The van der Waals surface area contributed by atoms with Crippen LogP contribution in [0.5, 0.6) is 0 Å². The number of hydrogen-bond acceptors (Lipinski definition) is 6. The predicted octanol–water partition coefficient (Wildman–Crippen LogP) is 2.55. The van der Waals surface area contributed by atoms with Crippen LogP contribution in [-0.4, -0.2) is 26.5 Å². The molecule has 2 rings (SSSR count). The van der Waals surface area contributed by atoms with Crippen LogP contribution >= 0.6 is 11.8 Å². The van der Waals surface area contributed by atoms with E-state index in [2.05, 4.69) is 32.2 Å². The molecule has 0 amide bonds. The van der Waals surface area contributed by atoms with E-state index in [1.54, 1.807) is 18.5 Å². The highest BCUT2D eigenvalue weighted by atomic mass is 32.2. The van der Waals surface area contributed by atoms with Crippen LogP contribution < -0.4 is 5.32 Å². The Kier molecular flexibility index (Phi) is 4.46. The highest BCUT2D eigenvalue weighted by Crippen LogP contribution is 2.23. The maximum absolute atomic E-state index is 4.37. The lowest BCUT2D eigenvalue weighted by Crippen LogP contribution is -2.04. The number of hydrogen-bond donors (Lipinski definition) is 1. The van der Waals surface area contributed by atoms with Crippen molar-refractivity contribution < 1.29 is 0 Å². The lowest BCUT2D eigenvalue weighted by atomic mass is 10.4. The molecule has 0 saturated heterocycles. The van der Waals surface area contributed by atoms with Gasteiger partial charge in [0, 0.05) is 25.0 Å². The number of aryl methyl sites for hydroxylation is 1. The summed E-state index contributed by atoms with van der Waals surface area (Å²) in [6, 6.07) is 3.72. The van der Waals surface area contributed by atoms with Crippen molar-refractivity contribution >= 4 is 17.6 Å². The second-order valence-electron chi connectivity index (χ2n) is 3.70. The lowest BCUT2D eigenvalue weighted by Gasteiger charge is -2.06. The van der Waals surface area contributed by atoms with Gasteiger partial charge in [-0.25, -0.2) is 19.9 Å². The van der Waals surface area contributed by atoms with Gasteiger partial charge in [-0.05, 0) is 31.2 Å². The summed E-state index contributed by atoms with van der Waals surface area (Å²) in [5.74, 6) is 1.59. The molecule has 18 heavy (non-hydrogen) atoms. The third-order valence-corrected chi connectivity index (χ3v) is 2.92. The zero-order valence-electron chi connectivity index (χ0n) is 10.4. The maximum atomic E-state index is 4.37. The third-order valence-electron chi connectivity index (χ3n) is 2.11. The Morgan fingerprint density at radius 2 is 2.00 bits per heavy atom. The topological polar surface area (TPSA) is 63.6 Å². The predicted molar refractivity (Wildman–Crippen MR) is 71.7 cm³/mol. The number of nitrogens with one attached hydrogen (secondary N) is 1. The van der Waals surface area contributed by atoms with Crippen LogP contribution in [-0.2, 0) is 0 Å². The summed E-state index contributed by atoms with van der Waals surface area (Å²) in [6.45, 7) is 4.91. The SMILES string of the molecule is CCCNc1cc(Sc2ncccn2)nc(C)n1. The van der Waals surface area contributed by atoms with Crippen molar-refractivity contribution in [1.29, 1.82) is 0 Å². The summed E-state index contributed by atoms with van der Waals surface area (Å²) in [4.78, 5) is 17.0. The fraction of sp³-hybridized carbons (Fsp3) is 0.333. The fourth-order valence-corrected chi connectivity index (χ4v) is 2.13. The summed E-state index contributed by atoms with van der Waals surface area (Å²) in [5.41, 5.74) is 0. The van der Waals surface area contributed by atoms with Crippen molar-refractivity contribution in [2.24, 2.45) is 0 Å². The second-order valence-corrected chi connectivity index (χ2v) is 4.69. The molecule has 0 aromatic carbocycles. The van der Waals surface area contributed by atoms with Crippen molar-refractivity contribution in [3.63, 3.8) is 0 Å². The van der Waals surface area contributed by atoms with Crippen molar-refractivity contribution in [1.82, 2.24) is 19.9 Å². The molecule has 5 nitrogen and oxygen atoms in total. The van der Waals surface area contributed by atoms with E-state index in [1.807, 2.05) is 13.0 Å². The van der Waals surface area contributed by atoms with E-state index in [4.69, 9.17) is 0 Å². The first-order valence-corrected chi connectivity index (χ1v) is 6.64. The van der Waals surface area contributed by atoms with Crippen molar-refractivity contribution in [2.75, 3.05) is 11.9 Å². The van der Waals surface area contributed by atoms with Gasteiger partial charge in [0.25, 0.3) is 0 Å². The van der Waals surface area contributed by atoms with Crippen LogP contribution in [0.3, 0.4) is 0 Å². The van der Waals surface area contributed by atoms with Gasteiger partial charge in [-0.1, -0.05) is 6.92 Å². The molecule has 0 aliphatic rings. The molecule has 1 N–H and O–H groups in total. The summed E-state index contributed by atoms with van der Waals surface area (Å²) in [6.07, 6.45) is 4.51. The molecule has 0 radical (unpaired) electrons. The van der Waals surface area contributed by atoms with Gasteiger partial charge in [-0.2, -0.15) is 0 Å². The largest absolute Gasteiger partial charge is 0.370 e. The molecule has 0 spiro atoms. The molecule has 6 heteroatoms. The minimum atomic E-state index is 0.692. The highest BCUT2D eigenvalue weighted by molar-refractivity contribution is 7.99. The van der Waals surface area contributed by atoms with Gasteiger partial charge in [-0.15, -0.1) is 0 Å². The van der Waals surface area contributed by atoms with Gasteiger partial charge >= 0.3 is 0 Å².